The average Bonchev–Trinajstić information content (AvgIpc) is 2.27. The summed E-state index contributed by atoms with van der Waals surface area (Å²) in [6, 6.07) is 0.295. The Labute approximate surface area is 89.4 Å². The summed E-state index contributed by atoms with van der Waals surface area (Å²) in [6.07, 6.45) is 4.87. The smallest absolute Gasteiger partial charge is 0.237 e. The largest absolute Gasteiger partial charge is 0.374 e. The molecule has 0 aromatic carbocycles. The van der Waals surface area contributed by atoms with E-state index < -0.39 is 0 Å². The molecule has 2 aliphatic rings. The van der Waals surface area contributed by atoms with Gasteiger partial charge < -0.3 is 9.64 Å². The van der Waals surface area contributed by atoms with E-state index in [9.17, 15) is 4.79 Å². The Balaban J connectivity index is 2.04. The fraction of sp³-hybridized carbons (Fsp3) is 0.900. The SMILES string of the molecule is O=C(CCl)N1CCOC2CCCCC21. The number of carbonyl (C=O) groups excluding carboxylic acids is 1. The maximum Gasteiger partial charge on any atom is 0.237 e. The molecule has 0 bridgehead atoms. The van der Waals surface area contributed by atoms with Crippen molar-refractivity contribution >= 4 is 17.5 Å². The van der Waals surface area contributed by atoms with Gasteiger partial charge >= 0.3 is 0 Å². The van der Waals surface area contributed by atoms with Crippen LogP contribution in [0.4, 0.5) is 0 Å². The van der Waals surface area contributed by atoms with Crippen molar-refractivity contribution in [2.75, 3.05) is 19.0 Å². The predicted molar refractivity (Wildman–Crippen MR) is 54.4 cm³/mol. The molecule has 2 rings (SSSR count). The molecular formula is C10H16ClNO2. The van der Waals surface area contributed by atoms with Crippen molar-refractivity contribution in [2.45, 2.75) is 37.8 Å². The highest BCUT2D eigenvalue weighted by atomic mass is 35.5. The van der Waals surface area contributed by atoms with E-state index in [0.29, 0.717) is 19.2 Å². The van der Waals surface area contributed by atoms with Crippen LogP contribution in [-0.4, -0.2) is 42.0 Å². The normalized spacial score (nSPS) is 32.5. The van der Waals surface area contributed by atoms with Crippen molar-refractivity contribution in [3.63, 3.8) is 0 Å². The topological polar surface area (TPSA) is 29.5 Å². The molecule has 0 spiro atoms. The number of alkyl halides is 1. The van der Waals surface area contributed by atoms with Crippen LogP contribution in [0.25, 0.3) is 0 Å². The van der Waals surface area contributed by atoms with Crippen LogP contribution >= 0.6 is 11.6 Å². The molecule has 0 aromatic heterocycles. The van der Waals surface area contributed by atoms with E-state index in [-0.39, 0.29) is 17.9 Å². The first-order valence-corrected chi connectivity index (χ1v) is 5.83. The molecule has 80 valence electrons. The standard InChI is InChI=1S/C10H16ClNO2/c11-7-10(13)12-5-6-14-9-4-2-1-3-8(9)12/h8-9H,1-7H2. The molecule has 1 heterocycles. The lowest BCUT2D eigenvalue weighted by Crippen LogP contribution is -2.55. The van der Waals surface area contributed by atoms with E-state index in [2.05, 4.69) is 0 Å². The number of ether oxygens (including phenoxy) is 1. The lowest BCUT2D eigenvalue weighted by atomic mass is 9.90. The Hall–Kier alpha value is -0.280. The molecule has 3 nitrogen and oxygen atoms in total. The van der Waals surface area contributed by atoms with Gasteiger partial charge in [-0.15, -0.1) is 11.6 Å². The lowest BCUT2D eigenvalue weighted by Gasteiger charge is -2.43. The Morgan fingerprint density at radius 2 is 2.21 bits per heavy atom. The number of amides is 1. The molecule has 1 aliphatic heterocycles. The molecule has 1 aliphatic carbocycles. The number of hydrogen-bond donors (Lipinski definition) is 0. The first-order valence-electron chi connectivity index (χ1n) is 5.30. The van der Waals surface area contributed by atoms with Gasteiger partial charge in [-0.2, -0.15) is 0 Å². The number of halogens is 1. The maximum atomic E-state index is 11.6. The Morgan fingerprint density at radius 1 is 1.43 bits per heavy atom. The van der Waals surface area contributed by atoms with Crippen LogP contribution < -0.4 is 0 Å². The van der Waals surface area contributed by atoms with Crippen molar-refractivity contribution in [2.24, 2.45) is 0 Å². The quantitative estimate of drug-likeness (QED) is 0.622. The summed E-state index contributed by atoms with van der Waals surface area (Å²) in [6.45, 7) is 1.39. The summed E-state index contributed by atoms with van der Waals surface area (Å²) >= 11 is 5.58. The third-order valence-corrected chi connectivity index (χ3v) is 3.40. The van der Waals surface area contributed by atoms with Gasteiger partial charge in [0.15, 0.2) is 0 Å². The molecule has 1 saturated heterocycles. The van der Waals surface area contributed by atoms with Crippen molar-refractivity contribution in [3.8, 4) is 0 Å². The van der Waals surface area contributed by atoms with Crippen molar-refractivity contribution in [1.29, 1.82) is 0 Å². The van der Waals surface area contributed by atoms with Crippen molar-refractivity contribution in [1.82, 2.24) is 4.90 Å². The molecule has 2 fully saturated rings. The summed E-state index contributed by atoms with van der Waals surface area (Å²) in [7, 11) is 0. The second kappa shape index (κ2) is 4.49. The minimum absolute atomic E-state index is 0.0619. The van der Waals surface area contributed by atoms with E-state index >= 15 is 0 Å². The van der Waals surface area contributed by atoms with Gasteiger partial charge in [0.05, 0.1) is 18.8 Å². The number of fused-ring (bicyclic) bond motifs is 1. The monoisotopic (exact) mass is 217 g/mol. The summed E-state index contributed by atoms with van der Waals surface area (Å²) in [5, 5.41) is 0. The second-order valence-corrected chi connectivity index (χ2v) is 4.25. The van der Waals surface area contributed by atoms with Crippen molar-refractivity contribution in [3.05, 3.63) is 0 Å². The fourth-order valence-corrected chi connectivity index (χ4v) is 2.64. The van der Waals surface area contributed by atoms with Crippen LogP contribution in [0.15, 0.2) is 0 Å². The van der Waals surface area contributed by atoms with Gasteiger partial charge in [0.25, 0.3) is 0 Å². The third kappa shape index (κ3) is 1.89. The average molecular weight is 218 g/mol. The highest BCUT2D eigenvalue weighted by Crippen LogP contribution is 2.28. The number of hydrogen-bond acceptors (Lipinski definition) is 2. The van der Waals surface area contributed by atoms with Crippen molar-refractivity contribution < 1.29 is 9.53 Å². The molecule has 2 atom stereocenters. The van der Waals surface area contributed by atoms with Crippen LogP contribution in [0.2, 0.25) is 0 Å². The van der Waals surface area contributed by atoms with E-state index in [1.165, 1.54) is 12.8 Å². The molecule has 1 saturated carbocycles. The highest BCUT2D eigenvalue weighted by molar-refractivity contribution is 6.27. The molecule has 1 amide bonds. The van der Waals surface area contributed by atoms with Crippen LogP contribution in [0.1, 0.15) is 25.7 Å². The van der Waals surface area contributed by atoms with Crippen LogP contribution in [-0.2, 0) is 9.53 Å². The second-order valence-electron chi connectivity index (χ2n) is 3.98. The van der Waals surface area contributed by atoms with Crippen LogP contribution in [0, 0.1) is 0 Å². The zero-order valence-corrected chi connectivity index (χ0v) is 9.00. The summed E-state index contributed by atoms with van der Waals surface area (Å²) < 4.78 is 5.67. The number of morpholine rings is 1. The molecule has 2 unspecified atom stereocenters. The minimum atomic E-state index is 0.0619. The van der Waals surface area contributed by atoms with E-state index in [0.717, 1.165) is 12.8 Å². The Morgan fingerprint density at radius 3 is 3.00 bits per heavy atom. The fourth-order valence-electron chi connectivity index (χ4n) is 2.48. The number of rotatable bonds is 1. The van der Waals surface area contributed by atoms with Gasteiger partial charge in [-0.1, -0.05) is 12.8 Å². The lowest BCUT2D eigenvalue weighted by molar-refractivity contribution is -0.146. The van der Waals surface area contributed by atoms with E-state index in [1.54, 1.807) is 0 Å². The van der Waals surface area contributed by atoms with Gasteiger partial charge in [-0.05, 0) is 12.8 Å². The predicted octanol–water partition coefficient (Wildman–Crippen LogP) is 1.40. The van der Waals surface area contributed by atoms with Gasteiger partial charge in [0.1, 0.15) is 5.88 Å². The van der Waals surface area contributed by atoms with E-state index in [4.69, 9.17) is 16.3 Å². The first kappa shape index (κ1) is 10.2. The summed E-state index contributed by atoms with van der Waals surface area (Å²) in [5.74, 6) is 0.162. The zero-order chi connectivity index (χ0) is 9.97. The van der Waals surface area contributed by atoms with Gasteiger partial charge in [-0.3, -0.25) is 4.79 Å². The minimum Gasteiger partial charge on any atom is -0.374 e. The number of nitrogens with zero attached hydrogens (tertiary/aromatic N) is 1. The van der Waals surface area contributed by atoms with Crippen LogP contribution in [0.5, 0.6) is 0 Å². The molecule has 14 heavy (non-hydrogen) atoms. The molecule has 0 radical (unpaired) electrons. The van der Waals surface area contributed by atoms with Gasteiger partial charge in [0, 0.05) is 6.54 Å². The molecule has 4 heteroatoms. The number of carbonyl (C=O) groups is 1. The van der Waals surface area contributed by atoms with Gasteiger partial charge in [0.2, 0.25) is 5.91 Å². The van der Waals surface area contributed by atoms with Gasteiger partial charge in [-0.25, -0.2) is 0 Å². The van der Waals surface area contributed by atoms with Crippen LogP contribution in [0.3, 0.4) is 0 Å². The third-order valence-electron chi connectivity index (χ3n) is 3.17. The Kier molecular flexibility index (Phi) is 3.29. The maximum absolute atomic E-state index is 11.6. The van der Waals surface area contributed by atoms with E-state index in [1.807, 2.05) is 4.90 Å². The summed E-state index contributed by atoms with van der Waals surface area (Å²) in [5.41, 5.74) is 0. The molecule has 0 aromatic rings. The molecule has 0 N–H and O–H groups in total. The zero-order valence-electron chi connectivity index (χ0n) is 8.25. The Bertz CT molecular complexity index is 220. The highest BCUT2D eigenvalue weighted by Gasteiger charge is 2.36. The molecular weight excluding hydrogens is 202 g/mol. The first-order chi connectivity index (χ1) is 6.83. The summed E-state index contributed by atoms with van der Waals surface area (Å²) in [4.78, 5) is 13.5.